The van der Waals surface area contributed by atoms with Gasteiger partial charge in [-0.3, -0.25) is 4.79 Å². The number of thiophene rings is 1. The largest absolute Gasteiger partial charge is 0.504 e. The molecule has 1 aromatic carbocycles. The van der Waals surface area contributed by atoms with Gasteiger partial charge in [0.2, 0.25) is 5.78 Å². The smallest absolute Gasteiger partial charge is 0.202 e. The number of carbonyl (C=O) groups excluding carboxylic acids is 1. The minimum absolute atomic E-state index is 0.00246. The highest BCUT2D eigenvalue weighted by Gasteiger charge is 2.18. The molecule has 0 atom stereocenters. The highest BCUT2D eigenvalue weighted by atomic mass is 35.5. The zero-order chi connectivity index (χ0) is 16.6. The van der Waals surface area contributed by atoms with Crippen LogP contribution in [0.15, 0.2) is 36.4 Å². The zero-order valence-electron chi connectivity index (χ0n) is 11.3. The molecule has 8 heteroatoms. The third-order valence-corrected chi connectivity index (χ3v) is 4.97. The maximum absolute atomic E-state index is 12.4. The van der Waals surface area contributed by atoms with Crippen LogP contribution in [0, 0.1) is 0 Å². The van der Waals surface area contributed by atoms with Crippen molar-refractivity contribution in [1.29, 1.82) is 0 Å². The summed E-state index contributed by atoms with van der Waals surface area (Å²) in [5.41, 5.74) is 0.799. The molecule has 0 amide bonds. The molecule has 3 aromatic rings. The lowest BCUT2D eigenvalue weighted by Gasteiger charge is -2.02. The first-order valence-corrected chi connectivity index (χ1v) is 8.23. The molecule has 0 aliphatic heterocycles. The molecule has 0 bridgehead atoms. The van der Waals surface area contributed by atoms with E-state index < -0.39 is 0 Å². The van der Waals surface area contributed by atoms with Crippen LogP contribution in [0.2, 0.25) is 15.2 Å². The molecule has 4 nitrogen and oxygen atoms in total. The highest BCUT2D eigenvalue weighted by molar-refractivity contribution is 7.17. The summed E-state index contributed by atoms with van der Waals surface area (Å²) < 4.78 is 0. The molecule has 0 spiro atoms. The van der Waals surface area contributed by atoms with E-state index in [4.69, 9.17) is 34.8 Å². The molecule has 1 N–H and O–H groups in total. The Morgan fingerprint density at radius 1 is 1.00 bits per heavy atom. The van der Waals surface area contributed by atoms with E-state index in [0.29, 0.717) is 20.3 Å². The molecule has 3 rings (SSSR count). The number of halogens is 3. The van der Waals surface area contributed by atoms with E-state index in [1.807, 2.05) is 0 Å². The van der Waals surface area contributed by atoms with E-state index in [2.05, 4.69) is 10.2 Å². The number of benzene rings is 1. The molecular formula is C15H7Cl3N2O2S. The van der Waals surface area contributed by atoms with Crippen molar-refractivity contribution < 1.29 is 9.90 Å². The van der Waals surface area contributed by atoms with Gasteiger partial charge < -0.3 is 5.11 Å². The van der Waals surface area contributed by atoms with Crippen LogP contribution in [-0.2, 0) is 0 Å². The summed E-state index contributed by atoms with van der Waals surface area (Å²) in [6.07, 6.45) is 0. The minimum atomic E-state index is -0.336. The summed E-state index contributed by atoms with van der Waals surface area (Å²) in [4.78, 5) is 13.5. The van der Waals surface area contributed by atoms with Crippen LogP contribution in [-0.4, -0.2) is 21.1 Å². The molecule has 23 heavy (non-hydrogen) atoms. The summed E-state index contributed by atoms with van der Waals surface area (Å²) in [5, 5.41) is 17.6. The van der Waals surface area contributed by atoms with E-state index in [9.17, 15) is 9.90 Å². The van der Waals surface area contributed by atoms with Crippen LogP contribution in [0.3, 0.4) is 0 Å². The maximum atomic E-state index is 12.4. The third kappa shape index (κ3) is 3.19. The Morgan fingerprint density at radius 3 is 2.39 bits per heavy atom. The van der Waals surface area contributed by atoms with Crippen LogP contribution >= 0.6 is 46.1 Å². The van der Waals surface area contributed by atoms with Gasteiger partial charge in [-0.25, -0.2) is 0 Å². The van der Waals surface area contributed by atoms with E-state index in [1.165, 1.54) is 11.3 Å². The predicted molar refractivity (Wildman–Crippen MR) is 91.9 cm³/mol. The van der Waals surface area contributed by atoms with Crippen molar-refractivity contribution in [2.75, 3.05) is 0 Å². The van der Waals surface area contributed by atoms with Gasteiger partial charge in [0.25, 0.3) is 0 Å². The first kappa shape index (κ1) is 16.2. The second-order valence-electron chi connectivity index (χ2n) is 4.50. The van der Waals surface area contributed by atoms with Crippen LogP contribution in [0.1, 0.15) is 15.2 Å². The van der Waals surface area contributed by atoms with E-state index in [-0.39, 0.29) is 27.4 Å². The lowest BCUT2D eigenvalue weighted by Crippen LogP contribution is -1.97. The van der Waals surface area contributed by atoms with Crippen LogP contribution < -0.4 is 0 Å². The van der Waals surface area contributed by atoms with Crippen molar-refractivity contribution in [2.45, 2.75) is 0 Å². The molecule has 0 aliphatic carbocycles. The van der Waals surface area contributed by atoms with E-state index >= 15 is 0 Å². The first-order chi connectivity index (χ1) is 11.0. The van der Waals surface area contributed by atoms with Gasteiger partial charge in [0, 0.05) is 10.6 Å². The first-order valence-electron chi connectivity index (χ1n) is 6.28. The Bertz CT molecular complexity index is 894. The second-order valence-corrected chi connectivity index (χ2v) is 6.76. The fourth-order valence-corrected chi connectivity index (χ4v) is 3.43. The lowest BCUT2D eigenvalue weighted by atomic mass is 10.1. The van der Waals surface area contributed by atoms with Crippen molar-refractivity contribution in [3.63, 3.8) is 0 Å². The minimum Gasteiger partial charge on any atom is -0.504 e. The fraction of sp³-hybridized carbons (Fsp3) is 0. The van der Waals surface area contributed by atoms with Crippen molar-refractivity contribution in [1.82, 2.24) is 10.2 Å². The van der Waals surface area contributed by atoms with Crippen molar-refractivity contribution in [2.24, 2.45) is 0 Å². The second kappa shape index (κ2) is 6.45. The summed E-state index contributed by atoms with van der Waals surface area (Å²) in [7, 11) is 0. The Hall–Kier alpha value is -1.66. The monoisotopic (exact) mass is 384 g/mol. The Morgan fingerprint density at radius 2 is 1.70 bits per heavy atom. The van der Waals surface area contributed by atoms with Gasteiger partial charge in [-0.2, -0.15) is 0 Å². The number of nitrogens with zero attached hydrogens (tertiary/aromatic N) is 2. The summed E-state index contributed by atoms with van der Waals surface area (Å²) in [5.74, 6) is -0.475. The van der Waals surface area contributed by atoms with Crippen LogP contribution in [0.25, 0.3) is 10.6 Å². The molecule has 0 unspecified atom stereocenters. The van der Waals surface area contributed by atoms with Crippen molar-refractivity contribution in [3.8, 4) is 16.3 Å². The van der Waals surface area contributed by atoms with Gasteiger partial charge in [-0.15, -0.1) is 21.5 Å². The standard InChI is InChI=1S/C15H7Cl3N2O2S/c16-8-3-1-7(2-4-8)13(21)10-6-5-9(23-10)12-11(17)14(22)15(18)20-19-12/h1-6H,(H,19,22). The molecular weight excluding hydrogens is 379 g/mol. The Kier molecular flexibility index (Phi) is 4.55. The van der Waals surface area contributed by atoms with Gasteiger partial charge in [-0.05, 0) is 36.4 Å². The van der Waals surface area contributed by atoms with Gasteiger partial charge in [0.15, 0.2) is 10.9 Å². The molecule has 0 aliphatic rings. The maximum Gasteiger partial charge on any atom is 0.202 e. The molecule has 116 valence electrons. The molecule has 2 aromatic heterocycles. The number of hydrogen-bond acceptors (Lipinski definition) is 5. The molecule has 2 heterocycles. The normalized spacial score (nSPS) is 10.7. The number of aromatic nitrogens is 2. The summed E-state index contributed by atoms with van der Waals surface area (Å²) in [6.45, 7) is 0. The molecule has 0 saturated heterocycles. The quantitative estimate of drug-likeness (QED) is 0.637. The van der Waals surface area contributed by atoms with E-state index in [1.54, 1.807) is 36.4 Å². The zero-order valence-corrected chi connectivity index (χ0v) is 14.3. The number of carbonyl (C=O) groups is 1. The van der Waals surface area contributed by atoms with Crippen molar-refractivity contribution >= 4 is 51.9 Å². The lowest BCUT2D eigenvalue weighted by molar-refractivity contribution is 0.104. The predicted octanol–water partition coefficient (Wildman–Crippen LogP) is 5.10. The van der Waals surface area contributed by atoms with Gasteiger partial charge in [0.1, 0.15) is 10.7 Å². The number of hydrogen-bond donors (Lipinski definition) is 1. The van der Waals surface area contributed by atoms with Gasteiger partial charge in [0.05, 0.1) is 9.75 Å². The SMILES string of the molecule is O=C(c1ccc(Cl)cc1)c1ccc(-c2nnc(Cl)c(O)c2Cl)s1. The third-order valence-electron chi connectivity index (χ3n) is 3.02. The fourth-order valence-electron chi connectivity index (χ4n) is 1.88. The highest BCUT2D eigenvalue weighted by Crippen LogP contribution is 2.39. The summed E-state index contributed by atoms with van der Waals surface area (Å²) in [6, 6.07) is 9.99. The number of rotatable bonds is 3. The van der Waals surface area contributed by atoms with Crippen molar-refractivity contribution in [3.05, 3.63) is 62.0 Å². The summed E-state index contributed by atoms with van der Waals surface area (Å²) >= 11 is 18.7. The van der Waals surface area contributed by atoms with Gasteiger partial charge >= 0.3 is 0 Å². The average molecular weight is 386 g/mol. The molecule has 0 fully saturated rings. The Labute approximate surface area is 150 Å². The molecule has 0 radical (unpaired) electrons. The Balaban J connectivity index is 1.96. The average Bonchev–Trinajstić information content (AvgIpc) is 3.02. The van der Waals surface area contributed by atoms with Crippen LogP contribution in [0.4, 0.5) is 0 Å². The molecule has 0 saturated carbocycles. The van der Waals surface area contributed by atoms with E-state index in [0.717, 1.165) is 0 Å². The topological polar surface area (TPSA) is 63.1 Å². The van der Waals surface area contributed by atoms with Gasteiger partial charge in [-0.1, -0.05) is 34.8 Å². The van der Waals surface area contributed by atoms with Crippen LogP contribution in [0.5, 0.6) is 5.75 Å². The number of ketones is 1. The number of aromatic hydroxyl groups is 1.